The number of nitrogens with two attached hydrogens (primary N) is 1. The second kappa shape index (κ2) is 7.90. The molecule has 0 atom stereocenters. The molecule has 0 saturated carbocycles. The molecular formula is C20H17F2N3O2. The van der Waals surface area contributed by atoms with Gasteiger partial charge < -0.3 is 10.5 Å². The third-order valence-corrected chi connectivity index (χ3v) is 4.01. The Labute approximate surface area is 154 Å². The molecule has 0 bridgehead atoms. The van der Waals surface area contributed by atoms with E-state index >= 15 is 0 Å². The van der Waals surface area contributed by atoms with Crippen LogP contribution >= 0.6 is 0 Å². The molecule has 0 spiro atoms. The third-order valence-electron chi connectivity index (χ3n) is 4.01. The van der Waals surface area contributed by atoms with Crippen LogP contribution < -0.4 is 10.5 Å². The van der Waals surface area contributed by atoms with Crippen molar-refractivity contribution in [2.75, 3.05) is 0 Å². The summed E-state index contributed by atoms with van der Waals surface area (Å²) in [6.45, 7) is 1.94. The van der Waals surface area contributed by atoms with Crippen LogP contribution in [0.4, 0.5) is 8.78 Å². The van der Waals surface area contributed by atoms with Crippen molar-refractivity contribution in [3.05, 3.63) is 71.7 Å². The van der Waals surface area contributed by atoms with Crippen molar-refractivity contribution in [3.63, 3.8) is 0 Å². The van der Waals surface area contributed by atoms with Crippen molar-refractivity contribution in [2.45, 2.75) is 19.8 Å². The minimum Gasteiger partial charge on any atom is -0.456 e. The average Bonchev–Trinajstić information content (AvgIpc) is 2.67. The van der Waals surface area contributed by atoms with Crippen LogP contribution in [-0.4, -0.2) is 15.9 Å². The second-order valence-electron chi connectivity index (χ2n) is 5.82. The molecule has 0 radical (unpaired) electrons. The van der Waals surface area contributed by atoms with Gasteiger partial charge in [0.05, 0.1) is 11.9 Å². The average molecular weight is 369 g/mol. The van der Waals surface area contributed by atoms with Crippen LogP contribution in [0.3, 0.4) is 0 Å². The number of carbonyl (C=O) groups excluding carboxylic acids is 1. The predicted molar refractivity (Wildman–Crippen MR) is 96.8 cm³/mol. The highest BCUT2D eigenvalue weighted by Crippen LogP contribution is 2.28. The molecule has 1 aromatic carbocycles. The topological polar surface area (TPSA) is 78.1 Å². The lowest BCUT2D eigenvalue weighted by atomic mass is 10.00. The lowest BCUT2D eigenvalue weighted by Crippen LogP contribution is -2.13. The van der Waals surface area contributed by atoms with Gasteiger partial charge in [0.2, 0.25) is 5.91 Å². The lowest BCUT2D eigenvalue weighted by molar-refractivity contribution is 0.0999. The Balaban J connectivity index is 1.91. The molecule has 0 aliphatic rings. The maximum absolute atomic E-state index is 12.8. The Morgan fingerprint density at radius 2 is 1.96 bits per heavy atom. The summed E-state index contributed by atoms with van der Waals surface area (Å²) in [6, 6.07) is 9.86. The van der Waals surface area contributed by atoms with E-state index in [0.29, 0.717) is 29.0 Å². The molecule has 0 aliphatic heterocycles. The van der Waals surface area contributed by atoms with E-state index in [1.165, 1.54) is 18.5 Å². The Morgan fingerprint density at radius 3 is 2.67 bits per heavy atom. The summed E-state index contributed by atoms with van der Waals surface area (Å²) < 4.78 is 31.2. The highest BCUT2D eigenvalue weighted by molar-refractivity contribution is 5.95. The number of carbonyl (C=O) groups is 1. The zero-order valence-corrected chi connectivity index (χ0v) is 14.5. The Morgan fingerprint density at radius 1 is 1.15 bits per heavy atom. The Kier molecular flexibility index (Phi) is 5.40. The fourth-order valence-electron chi connectivity index (χ4n) is 2.65. The van der Waals surface area contributed by atoms with Crippen molar-refractivity contribution in [1.82, 2.24) is 9.97 Å². The van der Waals surface area contributed by atoms with Crippen LogP contribution in [0.15, 0.2) is 55.0 Å². The van der Waals surface area contributed by atoms with Crippen molar-refractivity contribution in [3.8, 4) is 22.8 Å². The molecule has 2 aromatic heterocycles. The number of halogens is 2. The van der Waals surface area contributed by atoms with Crippen LogP contribution in [0.5, 0.6) is 11.5 Å². The maximum atomic E-state index is 12.8. The fraction of sp³-hybridized carbons (Fsp3) is 0.150. The van der Waals surface area contributed by atoms with Crippen molar-refractivity contribution < 1.29 is 18.3 Å². The minimum atomic E-state index is -2.63. The number of nitrogens with zero attached hydrogens (tertiary/aromatic N) is 2. The van der Waals surface area contributed by atoms with Crippen LogP contribution in [0, 0.1) is 0 Å². The van der Waals surface area contributed by atoms with E-state index in [0.717, 1.165) is 11.8 Å². The number of hydrogen-bond donors (Lipinski definition) is 1. The second-order valence-corrected chi connectivity index (χ2v) is 5.82. The van der Waals surface area contributed by atoms with E-state index in [4.69, 9.17) is 10.5 Å². The molecular weight excluding hydrogens is 352 g/mol. The Hall–Kier alpha value is -3.35. The summed E-state index contributed by atoms with van der Waals surface area (Å²) in [4.78, 5) is 19.7. The molecule has 7 heteroatoms. The number of hydrogen-bond acceptors (Lipinski definition) is 4. The monoisotopic (exact) mass is 369 g/mol. The van der Waals surface area contributed by atoms with Gasteiger partial charge in [-0.3, -0.25) is 14.8 Å². The Bertz CT molecular complexity index is 977. The van der Waals surface area contributed by atoms with E-state index in [1.54, 1.807) is 18.2 Å². The normalized spacial score (nSPS) is 10.8. The summed E-state index contributed by atoms with van der Waals surface area (Å²) in [5.41, 5.74) is 7.80. The van der Waals surface area contributed by atoms with Crippen molar-refractivity contribution in [1.29, 1.82) is 0 Å². The van der Waals surface area contributed by atoms with Crippen molar-refractivity contribution in [2.24, 2.45) is 5.73 Å². The number of amides is 1. The predicted octanol–water partition coefficient (Wildman–Crippen LogP) is 4.53. The van der Waals surface area contributed by atoms with Crippen LogP contribution in [0.2, 0.25) is 0 Å². The fourth-order valence-corrected chi connectivity index (χ4v) is 2.65. The molecule has 3 aromatic rings. The molecule has 27 heavy (non-hydrogen) atoms. The quantitative estimate of drug-likeness (QED) is 0.692. The van der Waals surface area contributed by atoms with E-state index in [-0.39, 0.29) is 11.3 Å². The van der Waals surface area contributed by atoms with Gasteiger partial charge in [-0.25, -0.2) is 8.78 Å². The summed E-state index contributed by atoms with van der Waals surface area (Å²) in [7, 11) is 0. The van der Waals surface area contributed by atoms with E-state index in [9.17, 15) is 13.6 Å². The van der Waals surface area contributed by atoms with E-state index < -0.39 is 12.3 Å². The highest BCUT2D eigenvalue weighted by Gasteiger charge is 2.12. The first kappa shape index (κ1) is 18.4. The van der Waals surface area contributed by atoms with Crippen LogP contribution in [-0.2, 0) is 6.42 Å². The number of benzene rings is 1. The molecule has 5 nitrogen and oxygen atoms in total. The molecule has 1 amide bonds. The van der Waals surface area contributed by atoms with Gasteiger partial charge in [-0.15, -0.1) is 0 Å². The summed E-state index contributed by atoms with van der Waals surface area (Å²) in [5, 5.41) is 0. The van der Waals surface area contributed by atoms with Gasteiger partial charge in [0.1, 0.15) is 11.5 Å². The standard InChI is InChI=1S/C20H17F2N3O2/c1-2-12-3-4-13(8-17(12)20(23)26)18-9-15(5-6-25-18)27-16-7-14(19(21)22)10-24-11-16/h3-11,19H,2H2,1H3,(H2,23,26). The van der Waals surface area contributed by atoms with Crippen LogP contribution in [0.1, 0.15) is 34.8 Å². The molecule has 138 valence electrons. The van der Waals surface area contributed by atoms with E-state index in [2.05, 4.69) is 9.97 Å². The SMILES string of the molecule is CCc1ccc(-c2cc(Oc3cncc(C(F)F)c3)ccn2)cc1C(N)=O. The van der Waals surface area contributed by atoms with Gasteiger partial charge in [0, 0.05) is 35.2 Å². The van der Waals surface area contributed by atoms with Crippen molar-refractivity contribution >= 4 is 5.91 Å². The lowest BCUT2D eigenvalue weighted by Gasteiger charge is -2.10. The number of aromatic nitrogens is 2. The molecule has 2 heterocycles. The molecule has 3 rings (SSSR count). The third kappa shape index (κ3) is 4.25. The van der Waals surface area contributed by atoms with Crippen LogP contribution in [0.25, 0.3) is 11.3 Å². The number of ether oxygens (including phenoxy) is 1. The van der Waals surface area contributed by atoms with Gasteiger partial charge in [-0.05, 0) is 30.2 Å². The summed E-state index contributed by atoms with van der Waals surface area (Å²) >= 11 is 0. The molecule has 2 N–H and O–H groups in total. The summed E-state index contributed by atoms with van der Waals surface area (Å²) in [6.07, 6.45) is 2.04. The molecule has 0 saturated heterocycles. The smallest absolute Gasteiger partial charge is 0.265 e. The largest absolute Gasteiger partial charge is 0.456 e. The number of aryl methyl sites for hydroxylation is 1. The van der Waals surface area contributed by atoms with Gasteiger partial charge in [0.25, 0.3) is 6.43 Å². The number of alkyl halides is 2. The molecule has 0 unspecified atom stereocenters. The first-order valence-electron chi connectivity index (χ1n) is 8.28. The minimum absolute atomic E-state index is 0.198. The first-order valence-corrected chi connectivity index (χ1v) is 8.28. The van der Waals surface area contributed by atoms with Gasteiger partial charge in [-0.2, -0.15) is 0 Å². The zero-order valence-electron chi connectivity index (χ0n) is 14.5. The first-order chi connectivity index (χ1) is 13.0. The summed E-state index contributed by atoms with van der Waals surface area (Å²) in [5.74, 6) is 0.105. The zero-order chi connectivity index (χ0) is 19.4. The van der Waals surface area contributed by atoms with E-state index in [1.807, 2.05) is 19.1 Å². The van der Waals surface area contributed by atoms with Gasteiger partial charge >= 0.3 is 0 Å². The van der Waals surface area contributed by atoms with Gasteiger partial charge in [0.15, 0.2) is 0 Å². The number of pyridine rings is 2. The maximum Gasteiger partial charge on any atom is 0.265 e. The molecule has 0 fully saturated rings. The number of primary amides is 1. The highest BCUT2D eigenvalue weighted by atomic mass is 19.3. The van der Waals surface area contributed by atoms with Gasteiger partial charge in [-0.1, -0.05) is 19.1 Å². The number of rotatable bonds is 6. The molecule has 0 aliphatic carbocycles.